The van der Waals surface area contributed by atoms with E-state index in [1.54, 1.807) is 12.2 Å². The van der Waals surface area contributed by atoms with E-state index in [0.717, 1.165) is 5.56 Å². The van der Waals surface area contributed by atoms with E-state index in [1.807, 2.05) is 30.3 Å². The van der Waals surface area contributed by atoms with E-state index in [9.17, 15) is 4.79 Å². The summed E-state index contributed by atoms with van der Waals surface area (Å²) < 4.78 is 17.3. The fourth-order valence-electron chi connectivity index (χ4n) is 2.59. The average Bonchev–Trinajstić information content (AvgIpc) is 2.83. The molecule has 1 heterocycles. The average molecular weight is 302 g/mol. The van der Waals surface area contributed by atoms with Gasteiger partial charge in [0.15, 0.2) is 6.10 Å². The Bertz CT molecular complexity index is 511. The first kappa shape index (κ1) is 16.5. The number of hydrogen-bond donors (Lipinski definition) is 0. The SMILES string of the molecule is C=CC[C@@H]1O[C@H](C=C)[C@H](OCc2ccccc2)[C@H]1OC(C)=O. The van der Waals surface area contributed by atoms with Gasteiger partial charge in [0.2, 0.25) is 0 Å². The fourth-order valence-corrected chi connectivity index (χ4v) is 2.59. The molecule has 0 aliphatic carbocycles. The highest BCUT2D eigenvalue weighted by molar-refractivity contribution is 5.66. The minimum absolute atomic E-state index is 0.259. The molecule has 4 nitrogen and oxygen atoms in total. The van der Waals surface area contributed by atoms with Crippen molar-refractivity contribution in [2.24, 2.45) is 0 Å². The maximum atomic E-state index is 11.4. The van der Waals surface area contributed by atoms with Crippen molar-refractivity contribution in [3.8, 4) is 0 Å². The summed E-state index contributed by atoms with van der Waals surface area (Å²) in [6.45, 7) is 9.32. The standard InChI is InChI=1S/C18H22O4/c1-4-9-16-18(21-13(3)19)17(15(5-2)22-16)20-12-14-10-7-6-8-11-14/h4-8,10-11,15-18H,1-2,9,12H2,3H3/t15-,16+,17+,18+/m1/s1. The molecular formula is C18H22O4. The van der Waals surface area contributed by atoms with Crippen LogP contribution in [0.3, 0.4) is 0 Å². The Hall–Kier alpha value is -1.91. The summed E-state index contributed by atoms with van der Waals surface area (Å²) in [6, 6.07) is 9.84. The van der Waals surface area contributed by atoms with Crippen LogP contribution in [-0.2, 0) is 25.6 Å². The molecule has 4 heteroatoms. The highest BCUT2D eigenvalue weighted by Crippen LogP contribution is 2.30. The van der Waals surface area contributed by atoms with Gasteiger partial charge in [0, 0.05) is 6.92 Å². The topological polar surface area (TPSA) is 44.8 Å². The third kappa shape index (κ3) is 4.06. The van der Waals surface area contributed by atoms with E-state index in [4.69, 9.17) is 14.2 Å². The molecule has 0 aromatic heterocycles. The Labute approximate surface area is 131 Å². The van der Waals surface area contributed by atoms with Gasteiger partial charge in [-0.1, -0.05) is 42.5 Å². The van der Waals surface area contributed by atoms with Gasteiger partial charge in [0.1, 0.15) is 18.3 Å². The summed E-state index contributed by atoms with van der Waals surface area (Å²) in [5.74, 6) is -0.347. The normalized spacial score (nSPS) is 27.3. The molecule has 1 aliphatic rings. The van der Waals surface area contributed by atoms with Crippen LogP contribution in [0.4, 0.5) is 0 Å². The number of esters is 1. The Morgan fingerprint density at radius 3 is 2.59 bits per heavy atom. The predicted molar refractivity (Wildman–Crippen MR) is 84.2 cm³/mol. The summed E-state index contributed by atoms with van der Waals surface area (Å²) in [5.41, 5.74) is 1.05. The van der Waals surface area contributed by atoms with E-state index in [-0.39, 0.29) is 24.3 Å². The number of benzene rings is 1. The molecule has 0 N–H and O–H groups in total. The van der Waals surface area contributed by atoms with Gasteiger partial charge in [-0.05, 0) is 12.0 Å². The van der Waals surface area contributed by atoms with Crippen molar-refractivity contribution in [3.63, 3.8) is 0 Å². The van der Waals surface area contributed by atoms with Gasteiger partial charge in [0.05, 0.1) is 6.61 Å². The second-order valence-electron chi connectivity index (χ2n) is 5.23. The quantitative estimate of drug-likeness (QED) is 0.573. The van der Waals surface area contributed by atoms with Crippen molar-refractivity contribution in [2.75, 3.05) is 0 Å². The number of hydrogen-bond acceptors (Lipinski definition) is 4. The van der Waals surface area contributed by atoms with E-state index in [2.05, 4.69) is 13.2 Å². The minimum atomic E-state index is -0.456. The summed E-state index contributed by atoms with van der Waals surface area (Å²) in [6.07, 6.45) is 2.64. The molecule has 1 aromatic carbocycles. The minimum Gasteiger partial charge on any atom is -0.457 e. The predicted octanol–water partition coefficient (Wildman–Crippen LogP) is 3.03. The van der Waals surface area contributed by atoms with Crippen molar-refractivity contribution < 1.29 is 19.0 Å². The van der Waals surface area contributed by atoms with Crippen LogP contribution in [-0.4, -0.2) is 30.4 Å². The second kappa shape index (κ2) is 7.92. The zero-order chi connectivity index (χ0) is 15.9. The van der Waals surface area contributed by atoms with E-state index in [0.29, 0.717) is 13.0 Å². The summed E-state index contributed by atoms with van der Waals surface area (Å²) in [5, 5.41) is 0. The highest BCUT2D eigenvalue weighted by Gasteiger charge is 2.45. The lowest BCUT2D eigenvalue weighted by Crippen LogP contribution is -2.38. The zero-order valence-corrected chi connectivity index (χ0v) is 12.8. The third-order valence-electron chi connectivity index (χ3n) is 3.56. The Morgan fingerprint density at radius 2 is 2.00 bits per heavy atom. The maximum Gasteiger partial charge on any atom is 0.303 e. The Balaban J connectivity index is 2.10. The summed E-state index contributed by atoms with van der Waals surface area (Å²) >= 11 is 0. The zero-order valence-electron chi connectivity index (χ0n) is 12.8. The van der Waals surface area contributed by atoms with E-state index in [1.165, 1.54) is 6.92 Å². The number of rotatable bonds is 7. The van der Waals surface area contributed by atoms with Gasteiger partial charge in [0.25, 0.3) is 0 Å². The van der Waals surface area contributed by atoms with Crippen LogP contribution >= 0.6 is 0 Å². The van der Waals surface area contributed by atoms with Crippen LogP contribution in [0.1, 0.15) is 18.9 Å². The van der Waals surface area contributed by atoms with Gasteiger partial charge >= 0.3 is 5.97 Å². The molecule has 0 radical (unpaired) electrons. The Morgan fingerprint density at radius 1 is 1.27 bits per heavy atom. The van der Waals surface area contributed by atoms with Crippen LogP contribution in [0, 0.1) is 0 Å². The molecule has 0 bridgehead atoms. The summed E-state index contributed by atoms with van der Waals surface area (Å²) in [4.78, 5) is 11.4. The first-order valence-corrected chi connectivity index (χ1v) is 7.37. The van der Waals surface area contributed by atoms with Crippen LogP contribution in [0.25, 0.3) is 0 Å². The van der Waals surface area contributed by atoms with Crippen molar-refractivity contribution in [1.82, 2.24) is 0 Å². The van der Waals surface area contributed by atoms with Crippen LogP contribution in [0.2, 0.25) is 0 Å². The number of ether oxygens (including phenoxy) is 3. The third-order valence-corrected chi connectivity index (χ3v) is 3.56. The molecule has 0 spiro atoms. The first-order valence-electron chi connectivity index (χ1n) is 7.37. The number of carbonyl (C=O) groups excluding carboxylic acids is 1. The van der Waals surface area contributed by atoms with Crippen molar-refractivity contribution in [3.05, 3.63) is 61.2 Å². The van der Waals surface area contributed by atoms with Crippen LogP contribution in [0.5, 0.6) is 0 Å². The van der Waals surface area contributed by atoms with E-state index >= 15 is 0 Å². The number of carbonyl (C=O) groups is 1. The molecule has 0 unspecified atom stereocenters. The summed E-state index contributed by atoms with van der Waals surface area (Å²) in [7, 11) is 0. The first-order chi connectivity index (χ1) is 10.7. The second-order valence-corrected chi connectivity index (χ2v) is 5.23. The molecule has 0 saturated carbocycles. The molecule has 1 aromatic rings. The largest absolute Gasteiger partial charge is 0.457 e. The molecule has 1 aliphatic heterocycles. The van der Waals surface area contributed by atoms with Gasteiger partial charge in [-0.2, -0.15) is 0 Å². The van der Waals surface area contributed by atoms with E-state index < -0.39 is 6.10 Å². The van der Waals surface area contributed by atoms with Gasteiger partial charge in [-0.25, -0.2) is 0 Å². The van der Waals surface area contributed by atoms with Gasteiger partial charge in [-0.3, -0.25) is 4.79 Å². The van der Waals surface area contributed by atoms with Crippen molar-refractivity contribution in [2.45, 2.75) is 44.4 Å². The monoisotopic (exact) mass is 302 g/mol. The molecule has 1 fully saturated rings. The lowest BCUT2D eigenvalue weighted by Gasteiger charge is -2.23. The highest BCUT2D eigenvalue weighted by atomic mass is 16.6. The molecule has 118 valence electrons. The van der Waals surface area contributed by atoms with Crippen LogP contribution in [0.15, 0.2) is 55.6 Å². The van der Waals surface area contributed by atoms with Gasteiger partial charge in [-0.15, -0.1) is 13.2 Å². The van der Waals surface area contributed by atoms with Crippen LogP contribution < -0.4 is 0 Å². The molecule has 22 heavy (non-hydrogen) atoms. The molecule has 4 atom stereocenters. The lowest BCUT2D eigenvalue weighted by atomic mass is 10.0. The molecule has 1 saturated heterocycles. The smallest absolute Gasteiger partial charge is 0.303 e. The molecule has 0 amide bonds. The molecule has 2 rings (SSSR count). The van der Waals surface area contributed by atoms with Gasteiger partial charge < -0.3 is 14.2 Å². The van der Waals surface area contributed by atoms with Crippen molar-refractivity contribution in [1.29, 1.82) is 0 Å². The molecular weight excluding hydrogens is 280 g/mol. The van der Waals surface area contributed by atoms with Crippen molar-refractivity contribution >= 4 is 5.97 Å². The Kier molecular flexibility index (Phi) is 5.92. The maximum absolute atomic E-state index is 11.4. The lowest BCUT2D eigenvalue weighted by molar-refractivity contribution is -0.155. The fraction of sp³-hybridized carbons (Fsp3) is 0.389.